The zero-order chi connectivity index (χ0) is 18.6. The van der Waals surface area contributed by atoms with E-state index in [9.17, 15) is 4.79 Å². The standard InChI is InChI=1S/C22H23N3O2/c1-27-22(26)19-10-7-11-20(21(19)25-12-5-6-13-25)24-16-14-23(15-17-24)18-8-3-2-4-9-18/h2-13H,14-17H2,1H3. The van der Waals surface area contributed by atoms with Gasteiger partial charge >= 0.3 is 5.97 Å². The van der Waals surface area contributed by atoms with Crippen molar-refractivity contribution in [1.29, 1.82) is 0 Å². The Morgan fingerprint density at radius 1 is 0.815 bits per heavy atom. The van der Waals surface area contributed by atoms with Crippen molar-refractivity contribution in [3.8, 4) is 5.69 Å². The number of methoxy groups -OCH3 is 1. The van der Waals surface area contributed by atoms with Gasteiger partial charge in [0.15, 0.2) is 0 Å². The van der Waals surface area contributed by atoms with Crippen LogP contribution in [-0.2, 0) is 4.74 Å². The van der Waals surface area contributed by atoms with Gasteiger partial charge in [-0.2, -0.15) is 0 Å². The summed E-state index contributed by atoms with van der Waals surface area (Å²) in [5.41, 5.74) is 3.77. The summed E-state index contributed by atoms with van der Waals surface area (Å²) >= 11 is 0. The predicted octanol–water partition coefficient (Wildman–Crippen LogP) is 3.59. The summed E-state index contributed by atoms with van der Waals surface area (Å²) in [5, 5.41) is 0. The van der Waals surface area contributed by atoms with Crippen molar-refractivity contribution >= 4 is 17.3 Å². The summed E-state index contributed by atoms with van der Waals surface area (Å²) < 4.78 is 7.00. The van der Waals surface area contributed by atoms with Crippen LogP contribution in [0.5, 0.6) is 0 Å². The van der Waals surface area contributed by atoms with E-state index in [-0.39, 0.29) is 5.97 Å². The van der Waals surface area contributed by atoms with Crippen LogP contribution in [0.4, 0.5) is 11.4 Å². The minimum Gasteiger partial charge on any atom is -0.465 e. The Balaban J connectivity index is 1.64. The van der Waals surface area contributed by atoms with E-state index in [1.165, 1.54) is 12.8 Å². The lowest BCUT2D eigenvalue weighted by molar-refractivity contribution is 0.0601. The Morgan fingerprint density at radius 3 is 2.15 bits per heavy atom. The molecule has 2 heterocycles. The van der Waals surface area contributed by atoms with E-state index in [0.717, 1.165) is 37.6 Å². The Morgan fingerprint density at radius 2 is 1.48 bits per heavy atom. The molecule has 0 aliphatic carbocycles. The number of hydrogen-bond donors (Lipinski definition) is 0. The molecule has 5 heteroatoms. The highest BCUT2D eigenvalue weighted by molar-refractivity contribution is 5.96. The first-order valence-electron chi connectivity index (χ1n) is 9.17. The van der Waals surface area contributed by atoms with Crippen LogP contribution in [0.3, 0.4) is 0 Å². The Labute approximate surface area is 159 Å². The van der Waals surface area contributed by atoms with Gasteiger partial charge in [-0.1, -0.05) is 24.3 Å². The van der Waals surface area contributed by atoms with Gasteiger partial charge in [0.25, 0.3) is 0 Å². The van der Waals surface area contributed by atoms with E-state index >= 15 is 0 Å². The molecule has 4 rings (SSSR count). The predicted molar refractivity (Wildman–Crippen MR) is 108 cm³/mol. The van der Waals surface area contributed by atoms with E-state index in [1.807, 2.05) is 47.3 Å². The molecule has 0 N–H and O–H groups in total. The van der Waals surface area contributed by atoms with Gasteiger partial charge in [0.2, 0.25) is 0 Å². The van der Waals surface area contributed by atoms with Crippen molar-refractivity contribution in [2.75, 3.05) is 43.1 Å². The quantitative estimate of drug-likeness (QED) is 0.666. The highest BCUT2D eigenvalue weighted by Gasteiger charge is 2.23. The fourth-order valence-electron chi connectivity index (χ4n) is 3.66. The topological polar surface area (TPSA) is 37.7 Å². The Hall–Kier alpha value is -3.21. The minimum absolute atomic E-state index is 0.316. The fraction of sp³-hybridized carbons (Fsp3) is 0.227. The lowest BCUT2D eigenvalue weighted by Gasteiger charge is -2.38. The molecule has 1 aliphatic rings. The molecule has 0 radical (unpaired) electrons. The minimum atomic E-state index is -0.316. The molecule has 0 bridgehead atoms. The second kappa shape index (κ2) is 7.58. The lowest BCUT2D eigenvalue weighted by atomic mass is 10.1. The maximum atomic E-state index is 12.3. The normalized spacial score (nSPS) is 14.3. The maximum absolute atomic E-state index is 12.3. The molecule has 138 valence electrons. The zero-order valence-electron chi connectivity index (χ0n) is 15.4. The summed E-state index contributed by atoms with van der Waals surface area (Å²) in [6.45, 7) is 3.68. The number of carbonyl (C=O) groups excluding carboxylic acids is 1. The molecule has 1 saturated heterocycles. The first-order chi connectivity index (χ1) is 13.3. The van der Waals surface area contributed by atoms with Crippen LogP contribution < -0.4 is 9.80 Å². The van der Waals surface area contributed by atoms with Crippen LogP contribution in [0.1, 0.15) is 10.4 Å². The number of aromatic nitrogens is 1. The van der Waals surface area contributed by atoms with Crippen LogP contribution in [0, 0.1) is 0 Å². The number of nitrogens with zero attached hydrogens (tertiary/aromatic N) is 3. The molecular weight excluding hydrogens is 338 g/mol. The largest absolute Gasteiger partial charge is 0.465 e. The number of para-hydroxylation sites is 2. The first-order valence-corrected chi connectivity index (χ1v) is 9.17. The Kier molecular flexibility index (Phi) is 4.83. The van der Waals surface area contributed by atoms with Crippen molar-refractivity contribution in [3.05, 3.63) is 78.6 Å². The third-order valence-electron chi connectivity index (χ3n) is 5.02. The van der Waals surface area contributed by atoms with E-state index in [4.69, 9.17) is 4.74 Å². The van der Waals surface area contributed by atoms with Crippen molar-refractivity contribution in [3.63, 3.8) is 0 Å². The summed E-state index contributed by atoms with van der Waals surface area (Å²) in [7, 11) is 1.42. The van der Waals surface area contributed by atoms with Crippen LogP contribution in [0.2, 0.25) is 0 Å². The number of ether oxygens (including phenoxy) is 1. The highest BCUT2D eigenvalue weighted by Crippen LogP contribution is 2.30. The molecule has 0 unspecified atom stereocenters. The average molecular weight is 361 g/mol. The summed E-state index contributed by atoms with van der Waals surface area (Å²) in [6, 6.07) is 20.3. The van der Waals surface area contributed by atoms with E-state index in [1.54, 1.807) is 0 Å². The average Bonchev–Trinajstić information content (AvgIpc) is 3.28. The van der Waals surface area contributed by atoms with Crippen molar-refractivity contribution in [2.45, 2.75) is 0 Å². The number of rotatable bonds is 4. The fourth-order valence-corrected chi connectivity index (χ4v) is 3.66. The first kappa shape index (κ1) is 17.2. The molecule has 0 atom stereocenters. The van der Waals surface area contributed by atoms with Crippen molar-refractivity contribution < 1.29 is 9.53 Å². The number of benzene rings is 2. The third-order valence-corrected chi connectivity index (χ3v) is 5.02. The van der Waals surface area contributed by atoms with Gasteiger partial charge in [0.05, 0.1) is 24.0 Å². The van der Waals surface area contributed by atoms with Crippen LogP contribution in [0.15, 0.2) is 73.1 Å². The summed E-state index contributed by atoms with van der Waals surface area (Å²) in [4.78, 5) is 17.1. The smallest absolute Gasteiger partial charge is 0.340 e. The number of piperazine rings is 1. The SMILES string of the molecule is COC(=O)c1cccc(N2CCN(c3ccccc3)CC2)c1-n1cccc1. The molecular formula is C22H23N3O2. The van der Waals surface area contributed by atoms with Crippen LogP contribution in [0.25, 0.3) is 5.69 Å². The molecule has 1 fully saturated rings. The van der Waals surface area contributed by atoms with Crippen molar-refractivity contribution in [1.82, 2.24) is 4.57 Å². The van der Waals surface area contributed by atoms with Gasteiger partial charge in [-0.3, -0.25) is 0 Å². The number of anilines is 2. The maximum Gasteiger partial charge on any atom is 0.340 e. The van der Waals surface area contributed by atoms with E-state index in [2.05, 4.69) is 40.1 Å². The monoisotopic (exact) mass is 361 g/mol. The van der Waals surface area contributed by atoms with Gasteiger partial charge in [0, 0.05) is 44.3 Å². The molecule has 27 heavy (non-hydrogen) atoms. The molecule has 5 nitrogen and oxygen atoms in total. The molecule has 0 amide bonds. The molecule has 0 spiro atoms. The third kappa shape index (κ3) is 3.40. The highest BCUT2D eigenvalue weighted by atomic mass is 16.5. The second-order valence-corrected chi connectivity index (χ2v) is 6.56. The zero-order valence-corrected chi connectivity index (χ0v) is 15.4. The summed E-state index contributed by atoms with van der Waals surface area (Å²) in [5.74, 6) is -0.316. The second-order valence-electron chi connectivity index (χ2n) is 6.56. The number of esters is 1. The van der Waals surface area contributed by atoms with Crippen molar-refractivity contribution in [2.24, 2.45) is 0 Å². The van der Waals surface area contributed by atoms with E-state index in [0.29, 0.717) is 5.56 Å². The van der Waals surface area contributed by atoms with Crippen LogP contribution in [-0.4, -0.2) is 43.8 Å². The lowest BCUT2D eigenvalue weighted by Crippen LogP contribution is -2.46. The van der Waals surface area contributed by atoms with E-state index < -0.39 is 0 Å². The van der Waals surface area contributed by atoms with Crippen LogP contribution >= 0.6 is 0 Å². The number of hydrogen-bond acceptors (Lipinski definition) is 4. The number of carbonyl (C=O) groups is 1. The Bertz CT molecular complexity index is 899. The molecule has 0 saturated carbocycles. The summed E-state index contributed by atoms with van der Waals surface area (Å²) in [6.07, 6.45) is 3.93. The van der Waals surface area contributed by atoms with Gasteiger partial charge in [-0.05, 0) is 36.4 Å². The van der Waals surface area contributed by atoms with Gasteiger partial charge in [0.1, 0.15) is 0 Å². The molecule has 2 aromatic carbocycles. The molecule has 1 aromatic heterocycles. The molecule has 1 aliphatic heterocycles. The molecule has 3 aromatic rings. The van der Waals surface area contributed by atoms with Gasteiger partial charge in [-0.15, -0.1) is 0 Å². The van der Waals surface area contributed by atoms with Gasteiger partial charge < -0.3 is 19.1 Å². The van der Waals surface area contributed by atoms with Gasteiger partial charge in [-0.25, -0.2) is 4.79 Å².